The molecular formula is CI2OV. The third-order valence-corrected chi connectivity index (χ3v) is 0. The van der Waals surface area contributed by atoms with Crippen LogP contribution in [0.25, 0.3) is 0 Å². The first-order chi connectivity index (χ1) is 2.41. The first-order valence-corrected chi connectivity index (χ1v) is 9.55. The summed E-state index contributed by atoms with van der Waals surface area (Å²) >= 11 is 4.74. The number of halogens is 2. The van der Waals surface area contributed by atoms with Gasteiger partial charge in [-0.1, -0.05) is 0 Å². The molecule has 5 heavy (non-hydrogen) atoms. The molecule has 0 aliphatic rings. The van der Waals surface area contributed by atoms with Crippen LogP contribution in [0.4, 0.5) is 0 Å². The maximum absolute atomic E-state index is 7.50. The van der Waals surface area contributed by atoms with E-state index in [1.54, 1.807) is 0 Å². The number of hydrogen-bond donors (Lipinski definition) is 0. The quantitative estimate of drug-likeness (QED) is 0.366. The van der Waals surface area contributed by atoms with Gasteiger partial charge in [0.1, 0.15) is 0 Å². The first-order valence-electron chi connectivity index (χ1n) is 0.542. The zero-order valence-corrected chi connectivity index (χ0v) is 7.82. The minimum absolute atomic E-state index is 0.628. The van der Waals surface area contributed by atoms with Gasteiger partial charge in [-0.2, -0.15) is 0 Å². The van der Waals surface area contributed by atoms with Gasteiger partial charge in [-0.05, 0) is 0 Å². The van der Waals surface area contributed by atoms with Crippen LogP contribution in [-0.2, 0) is 14.1 Å². The maximum atomic E-state index is 7.50. The van der Waals surface area contributed by atoms with E-state index < -0.39 is 0 Å². The van der Waals surface area contributed by atoms with E-state index in [4.69, 9.17) is 4.65 Å². The molecular weight excluding hydrogens is 333 g/mol. The van der Waals surface area contributed by atoms with Crippen LogP contribution in [0.15, 0.2) is 0 Å². The fourth-order valence-corrected chi connectivity index (χ4v) is 0. The third-order valence-electron chi connectivity index (χ3n) is 0. The summed E-state index contributed by atoms with van der Waals surface area (Å²) in [4.78, 5) is 0. The molecule has 0 atom stereocenters. The van der Waals surface area contributed by atoms with E-state index in [1.165, 1.54) is 0 Å². The second-order valence-corrected chi connectivity index (χ2v) is 11.9. The predicted molar refractivity (Wildman–Crippen MR) is 32.0 cm³/mol. The zero-order chi connectivity index (χ0) is 4.71. The minimum atomic E-state index is 0.628. The summed E-state index contributed by atoms with van der Waals surface area (Å²) in [7, 11) is 0.628. The van der Waals surface area contributed by atoms with Gasteiger partial charge < -0.3 is 0 Å². The van der Waals surface area contributed by atoms with Gasteiger partial charge in [-0.15, -0.1) is 0 Å². The summed E-state index contributed by atoms with van der Waals surface area (Å²) in [6.07, 6.45) is 0. The second-order valence-electron chi connectivity index (χ2n) is 0.0639. The van der Waals surface area contributed by atoms with Gasteiger partial charge in [0.05, 0.1) is 0 Å². The molecule has 29 valence electrons. The molecule has 0 rings (SSSR count). The van der Waals surface area contributed by atoms with Crippen molar-refractivity contribution >= 4 is 40.0 Å². The fourth-order valence-electron chi connectivity index (χ4n) is 0. The van der Waals surface area contributed by atoms with Gasteiger partial charge in [0, 0.05) is 0 Å². The molecule has 4 heteroatoms. The number of rotatable bonds is 0. The van der Waals surface area contributed by atoms with Crippen molar-refractivity contribution in [2.24, 2.45) is 0 Å². The van der Waals surface area contributed by atoms with Crippen molar-refractivity contribution < 1.29 is 14.1 Å². The van der Waals surface area contributed by atoms with Crippen molar-refractivity contribution in [1.82, 2.24) is 0 Å². The van der Waals surface area contributed by atoms with Gasteiger partial charge >= 0.3 is 60.7 Å². The third kappa shape index (κ3) is 26.0. The van der Waals surface area contributed by atoms with E-state index in [0.717, 1.165) is 0 Å². The normalized spacial score (nSPS) is 3.20. The molecule has 0 radical (unpaired) electrons. The van der Waals surface area contributed by atoms with Crippen LogP contribution in [0, 0.1) is 6.65 Å². The van der Waals surface area contributed by atoms with Crippen molar-refractivity contribution in [3.05, 3.63) is 6.65 Å². The molecule has 1 nitrogen and oxygen atoms in total. The van der Waals surface area contributed by atoms with E-state index in [-0.39, 0.29) is 0 Å². The van der Waals surface area contributed by atoms with Crippen molar-refractivity contribution in [3.63, 3.8) is 0 Å². The van der Waals surface area contributed by atoms with Crippen molar-refractivity contribution in [2.45, 2.75) is 0 Å². The summed E-state index contributed by atoms with van der Waals surface area (Å²) in [6, 6.07) is 0. The van der Waals surface area contributed by atoms with Crippen LogP contribution in [-0.4, -0.2) is 0 Å². The molecule has 0 aromatic rings. The SMILES string of the molecule is [C-]#[O+].[I][V][I]. The van der Waals surface area contributed by atoms with Crippen LogP contribution in [0.2, 0.25) is 0 Å². The molecule has 0 fully saturated rings. The van der Waals surface area contributed by atoms with E-state index in [9.17, 15) is 0 Å². The Balaban J connectivity index is 0. The topological polar surface area (TPSA) is 19.9 Å². The Labute approximate surface area is 59.8 Å². The average Bonchev–Trinajstić information content (AvgIpc) is 1.46. The summed E-state index contributed by atoms with van der Waals surface area (Å²) in [5, 5.41) is 0. The fraction of sp³-hybridized carbons (Fsp3) is 0. The summed E-state index contributed by atoms with van der Waals surface area (Å²) in [6.45, 7) is 4.50. The molecule has 0 amide bonds. The Kier molecular flexibility index (Phi) is 33.9. The van der Waals surface area contributed by atoms with Crippen LogP contribution in [0.1, 0.15) is 0 Å². The van der Waals surface area contributed by atoms with E-state index in [2.05, 4.69) is 46.6 Å². The van der Waals surface area contributed by atoms with Crippen LogP contribution in [0.5, 0.6) is 0 Å². The van der Waals surface area contributed by atoms with Gasteiger partial charge in [0.25, 0.3) is 0 Å². The van der Waals surface area contributed by atoms with Crippen molar-refractivity contribution in [2.75, 3.05) is 0 Å². The molecule has 0 spiro atoms. The molecule has 0 bridgehead atoms. The standard InChI is InChI=1S/CO.2HI.V/c1-2;;;/h;2*1H;/q;;;+2/p-2. The second kappa shape index (κ2) is 17.1. The van der Waals surface area contributed by atoms with Gasteiger partial charge in [-0.3, -0.25) is 0 Å². The molecule has 0 heterocycles. The summed E-state index contributed by atoms with van der Waals surface area (Å²) in [5.74, 6) is 0. The van der Waals surface area contributed by atoms with E-state index >= 15 is 0 Å². The van der Waals surface area contributed by atoms with E-state index in [1.807, 2.05) is 0 Å². The van der Waals surface area contributed by atoms with E-state index in [0.29, 0.717) is 9.47 Å². The van der Waals surface area contributed by atoms with Gasteiger partial charge in [0.15, 0.2) is 0 Å². The molecule has 0 N–H and O–H groups in total. The Morgan fingerprint density at radius 1 is 1.40 bits per heavy atom. The molecule has 0 aliphatic carbocycles. The number of hydrogen-bond acceptors (Lipinski definition) is 0. The van der Waals surface area contributed by atoms with Crippen LogP contribution < -0.4 is 0 Å². The van der Waals surface area contributed by atoms with Crippen molar-refractivity contribution in [1.29, 1.82) is 0 Å². The average molecular weight is 333 g/mol. The molecule has 0 unspecified atom stereocenters. The monoisotopic (exact) mass is 333 g/mol. The zero-order valence-electron chi connectivity index (χ0n) is 2.11. The molecule has 0 aliphatic heterocycles. The Hall–Kier alpha value is 1.78. The molecule has 0 saturated heterocycles. The predicted octanol–water partition coefficient (Wildman–Crippen LogP) is 1.73. The Morgan fingerprint density at radius 3 is 1.40 bits per heavy atom. The van der Waals surface area contributed by atoms with Crippen LogP contribution >= 0.6 is 40.0 Å². The Bertz CT molecular complexity index is 20.9. The summed E-state index contributed by atoms with van der Waals surface area (Å²) < 4.78 is 7.50. The Morgan fingerprint density at radius 2 is 1.40 bits per heavy atom. The van der Waals surface area contributed by atoms with Gasteiger partial charge in [0.2, 0.25) is 0 Å². The molecule has 0 aromatic carbocycles. The molecule has 0 aromatic heterocycles. The van der Waals surface area contributed by atoms with Crippen molar-refractivity contribution in [3.8, 4) is 0 Å². The van der Waals surface area contributed by atoms with Crippen LogP contribution in [0.3, 0.4) is 0 Å². The molecule has 0 saturated carbocycles. The van der Waals surface area contributed by atoms with Gasteiger partial charge in [-0.25, -0.2) is 0 Å². The summed E-state index contributed by atoms with van der Waals surface area (Å²) in [5.41, 5.74) is 0. The first kappa shape index (κ1) is 9.92.